The fourth-order valence-electron chi connectivity index (χ4n) is 2.57. The Kier molecular flexibility index (Phi) is 4.59. The molecule has 0 amide bonds. The van der Waals surface area contributed by atoms with Crippen molar-refractivity contribution in [1.29, 1.82) is 0 Å². The van der Waals surface area contributed by atoms with Crippen LogP contribution in [0.15, 0.2) is 39.0 Å². The first-order valence-corrected chi connectivity index (χ1v) is 7.79. The standard InChI is InChI=1S/C16H18N6O4/c1-20-13-12(14(25)21(2)16(20)26)22(7-8-23)15(18-13)19-17-9-10-3-5-11(24)6-4-10/h3-6,9,23-24H,7-8H2,1-2H3,(H,18,19)/b17-9+. The molecule has 1 aromatic carbocycles. The minimum Gasteiger partial charge on any atom is -0.508 e. The number of hydrogen-bond acceptors (Lipinski definition) is 7. The van der Waals surface area contributed by atoms with Gasteiger partial charge in [-0.15, -0.1) is 0 Å². The molecule has 0 aliphatic carbocycles. The summed E-state index contributed by atoms with van der Waals surface area (Å²) in [6.07, 6.45) is 1.51. The maximum Gasteiger partial charge on any atom is 0.332 e. The number of rotatable bonds is 5. The minimum atomic E-state index is -0.500. The highest BCUT2D eigenvalue weighted by molar-refractivity contribution is 5.80. The zero-order valence-electron chi connectivity index (χ0n) is 14.2. The molecule has 26 heavy (non-hydrogen) atoms. The summed E-state index contributed by atoms with van der Waals surface area (Å²) in [5.74, 6) is 0.374. The Morgan fingerprint density at radius 1 is 1.19 bits per heavy atom. The van der Waals surface area contributed by atoms with Gasteiger partial charge in [0.2, 0.25) is 5.95 Å². The van der Waals surface area contributed by atoms with E-state index in [-0.39, 0.29) is 36.0 Å². The molecule has 136 valence electrons. The van der Waals surface area contributed by atoms with Crippen molar-refractivity contribution < 1.29 is 10.2 Å². The van der Waals surface area contributed by atoms with Crippen molar-refractivity contribution in [1.82, 2.24) is 18.7 Å². The van der Waals surface area contributed by atoms with Crippen LogP contribution in [-0.4, -0.2) is 41.7 Å². The van der Waals surface area contributed by atoms with E-state index < -0.39 is 11.2 Å². The maximum absolute atomic E-state index is 12.5. The van der Waals surface area contributed by atoms with Crippen LogP contribution in [-0.2, 0) is 20.6 Å². The first kappa shape index (κ1) is 17.4. The third-order valence-corrected chi connectivity index (χ3v) is 3.94. The molecule has 0 fully saturated rings. The Balaban J connectivity index is 2.05. The average Bonchev–Trinajstić information content (AvgIpc) is 2.99. The van der Waals surface area contributed by atoms with E-state index in [1.807, 2.05) is 0 Å². The van der Waals surface area contributed by atoms with Gasteiger partial charge in [0.15, 0.2) is 11.2 Å². The lowest BCUT2D eigenvalue weighted by atomic mass is 10.2. The van der Waals surface area contributed by atoms with E-state index in [2.05, 4.69) is 15.5 Å². The summed E-state index contributed by atoms with van der Waals surface area (Å²) in [7, 11) is 2.90. The number of nitrogens with one attached hydrogen (secondary N) is 1. The largest absolute Gasteiger partial charge is 0.508 e. The Hall–Kier alpha value is -3.40. The van der Waals surface area contributed by atoms with Gasteiger partial charge in [0.1, 0.15) is 5.75 Å². The molecule has 0 bridgehead atoms. The van der Waals surface area contributed by atoms with Crippen molar-refractivity contribution >= 4 is 23.3 Å². The second-order valence-electron chi connectivity index (χ2n) is 5.65. The quantitative estimate of drug-likeness (QED) is 0.420. The van der Waals surface area contributed by atoms with Gasteiger partial charge in [-0.1, -0.05) is 0 Å². The monoisotopic (exact) mass is 358 g/mol. The number of aliphatic hydroxyl groups excluding tert-OH is 1. The molecule has 0 aliphatic rings. The van der Waals surface area contributed by atoms with E-state index in [1.165, 1.54) is 41.6 Å². The van der Waals surface area contributed by atoms with Gasteiger partial charge < -0.3 is 14.8 Å². The predicted molar refractivity (Wildman–Crippen MR) is 96.6 cm³/mol. The highest BCUT2D eigenvalue weighted by Crippen LogP contribution is 2.15. The Morgan fingerprint density at radius 3 is 2.54 bits per heavy atom. The van der Waals surface area contributed by atoms with Crippen LogP contribution in [0.5, 0.6) is 5.75 Å². The van der Waals surface area contributed by atoms with Gasteiger partial charge in [-0.05, 0) is 29.8 Å². The number of anilines is 1. The van der Waals surface area contributed by atoms with Gasteiger partial charge >= 0.3 is 5.69 Å². The number of aliphatic hydroxyl groups is 1. The Morgan fingerprint density at radius 2 is 1.88 bits per heavy atom. The van der Waals surface area contributed by atoms with Crippen LogP contribution in [0.25, 0.3) is 11.2 Å². The molecule has 10 heteroatoms. The SMILES string of the molecule is Cn1c(=O)c2c(nc(N/N=C/c3ccc(O)cc3)n2CCO)n(C)c1=O. The van der Waals surface area contributed by atoms with Crippen LogP contribution >= 0.6 is 0 Å². The van der Waals surface area contributed by atoms with Crippen LogP contribution in [0.4, 0.5) is 5.95 Å². The molecule has 2 heterocycles. The van der Waals surface area contributed by atoms with Crippen LogP contribution < -0.4 is 16.7 Å². The van der Waals surface area contributed by atoms with Crippen molar-refractivity contribution in [2.75, 3.05) is 12.0 Å². The van der Waals surface area contributed by atoms with Gasteiger partial charge in [-0.25, -0.2) is 10.2 Å². The van der Waals surface area contributed by atoms with E-state index in [0.29, 0.717) is 0 Å². The molecular formula is C16H18N6O4. The summed E-state index contributed by atoms with van der Waals surface area (Å²) < 4.78 is 3.73. The number of nitrogens with zero attached hydrogens (tertiary/aromatic N) is 5. The fourth-order valence-corrected chi connectivity index (χ4v) is 2.57. The van der Waals surface area contributed by atoms with E-state index in [0.717, 1.165) is 10.1 Å². The maximum atomic E-state index is 12.5. The van der Waals surface area contributed by atoms with Crippen LogP contribution in [0.2, 0.25) is 0 Å². The number of phenols is 1. The molecule has 3 aromatic rings. The number of aryl methyl sites for hydroxylation is 1. The lowest BCUT2D eigenvalue weighted by Crippen LogP contribution is -2.37. The summed E-state index contributed by atoms with van der Waals surface area (Å²) in [5, 5.41) is 22.7. The normalized spacial score (nSPS) is 11.5. The van der Waals surface area contributed by atoms with E-state index >= 15 is 0 Å². The smallest absolute Gasteiger partial charge is 0.332 e. The van der Waals surface area contributed by atoms with E-state index in [1.54, 1.807) is 12.1 Å². The van der Waals surface area contributed by atoms with Crippen molar-refractivity contribution in [3.63, 3.8) is 0 Å². The number of aromatic nitrogens is 4. The molecular weight excluding hydrogens is 340 g/mol. The van der Waals surface area contributed by atoms with Gasteiger partial charge in [0.25, 0.3) is 5.56 Å². The van der Waals surface area contributed by atoms with E-state index in [9.17, 15) is 19.8 Å². The van der Waals surface area contributed by atoms with Crippen LogP contribution in [0.3, 0.4) is 0 Å². The van der Waals surface area contributed by atoms with Crippen LogP contribution in [0, 0.1) is 0 Å². The summed E-state index contributed by atoms with van der Waals surface area (Å²) in [6, 6.07) is 6.41. The number of fused-ring (bicyclic) bond motifs is 1. The van der Waals surface area contributed by atoms with Crippen molar-refractivity contribution in [2.45, 2.75) is 6.54 Å². The molecule has 0 aliphatic heterocycles. The number of hydrogen-bond donors (Lipinski definition) is 3. The first-order valence-electron chi connectivity index (χ1n) is 7.79. The number of benzene rings is 1. The zero-order valence-corrected chi connectivity index (χ0v) is 14.2. The third kappa shape index (κ3) is 2.97. The zero-order chi connectivity index (χ0) is 18.8. The highest BCUT2D eigenvalue weighted by Gasteiger charge is 2.18. The van der Waals surface area contributed by atoms with Crippen molar-refractivity contribution in [3.8, 4) is 5.75 Å². The second-order valence-corrected chi connectivity index (χ2v) is 5.65. The summed E-state index contributed by atoms with van der Waals surface area (Å²) >= 11 is 0. The van der Waals surface area contributed by atoms with Gasteiger partial charge in [0.05, 0.1) is 12.8 Å². The minimum absolute atomic E-state index is 0.112. The van der Waals surface area contributed by atoms with Gasteiger partial charge in [-0.2, -0.15) is 10.1 Å². The molecule has 0 spiro atoms. The molecule has 3 N–H and O–H groups in total. The highest BCUT2D eigenvalue weighted by atomic mass is 16.3. The lowest BCUT2D eigenvalue weighted by Gasteiger charge is -2.07. The summed E-state index contributed by atoms with van der Waals surface area (Å²) in [6.45, 7) is -0.102. The summed E-state index contributed by atoms with van der Waals surface area (Å²) in [5.41, 5.74) is 2.88. The Labute approximate surface area is 147 Å². The molecule has 0 saturated carbocycles. The average molecular weight is 358 g/mol. The second kappa shape index (κ2) is 6.84. The van der Waals surface area contributed by atoms with Gasteiger partial charge in [0, 0.05) is 20.6 Å². The molecule has 10 nitrogen and oxygen atoms in total. The first-order chi connectivity index (χ1) is 12.4. The molecule has 0 saturated heterocycles. The van der Waals surface area contributed by atoms with Crippen molar-refractivity contribution in [3.05, 3.63) is 50.7 Å². The lowest BCUT2D eigenvalue weighted by molar-refractivity contribution is 0.278. The van der Waals surface area contributed by atoms with E-state index in [4.69, 9.17) is 0 Å². The molecule has 2 aromatic heterocycles. The number of aromatic hydroxyl groups is 1. The molecule has 0 unspecified atom stereocenters. The summed E-state index contributed by atoms with van der Waals surface area (Å²) in [4.78, 5) is 28.8. The number of phenolic OH excluding ortho intramolecular Hbond substituents is 1. The number of imidazole rings is 1. The topological polar surface area (TPSA) is 127 Å². The third-order valence-electron chi connectivity index (χ3n) is 3.94. The van der Waals surface area contributed by atoms with Crippen molar-refractivity contribution in [2.24, 2.45) is 19.2 Å². The Bertz CT molecular complexity index is 1090. The predicted octanol–water partition coefficient (Wildman–Crippen LogP) is -0.422. The molecule has 3 rings (SSSR count). The number of hydrazone groups is 1. The van der Waals surface area contributed by atoms with Crippen LogP contribution in [0.1, 0.15) is 5.56 Å². The fraction of sp³-hybridized carbons (Fsp3) is 0.250. The molecule has 0 atom stereocenters. The van der Waals surface area contributed by atoms with Gasteiger partial charge in [-0.3, -0.25) is 13.9 Å². The molecule has 0 radical (unpaired) electrons.